The summed E-state index contributed by atoms with van der Waals surface area (Å²) in [7, 11) is 0. The van der Waals surface area contributed by atoms with E-state index in [1.54, 1.807) is 11.3 Å². The summed E-state index contributed by atoms with van der Waals surface area (Å²) in [6.45, 7) is 1.46. The highest BCUT2D eigenvalue weighted by Gasteiger charge is 2.25. The maximum Gasteiger partial charge on any atom is 0.229 e. The lowest BCUT2D eigenvalue weighted by molar-refractivity contribution is -0.122. The predicted molar refractivity (Wildman–Crippen MR) is 120 cm³/mol. The largest absolute Gasteiger partial charge is 0.369 e. The van der Waals surface area contributed by atoms with E-state index < -0.39 is 0 Å². The molecule has 3 heterocycles. The summed E-state index contributed by atoms with van der Waals surface area (Å²) in [6.07, 6.45) is 5.09. The van der Waals surface area contributed by atoms with Crippen molar-refractivity contribution in [3.05, 3.63) is 29.8 Å². The van der Waals surface area contributed by atoms with E-state index in [4.69, 9.17) is 15.7 Å². The number of hydrogen-bond donors (Lipinski definition) is 3. The number of anilines is 4. The van der Waals surface area contributed by atoms with E-state index in [2.05, 4.69) is 26.6 Å². The zero-order valence-electron chi connectivity index (χ0n) is 16.7. The smallest absolute Gasteiger partial charge is 0.229 e. The molecule has 2 aromatic heterocycles. The lowest BCUT2D eigenvalue weighted by atomic mass is 9.93. The minimum Gasteiger partial charge on any atom is -0.369 e. The van der Waals surface area contributed by atoms with Crippen LogP contribution in [0.2, 0.25) is 0 Å². The first kappa shape index (κ1) is 19.0. The Morgan fingerprint density at radius 3 is 2.63 bits per heavy atom. The van der Waals surface area contributed by atoms with Crippen molar-refractivity contribution in [1.82, 2.24) is 15.0 Å². The highest BCUT2D eigenvalue weighted by atomic mass is 32.1. The van der Waals surface area contributed by atoms with Crippen molar-refractivity contribution in [1.29, 1.82) is 0 Å². The molecule has 0 radical (unpaired) electrons. The molecule has 1 aliphatic heterocycles. The van der Waals surface area contributed by atoms with Gasteiger partial charge in [-0.1, -0.05) is 0 Å². The van der Waals surface area contributed by atoms with E-state index >= 15 is 0 Å². The van der Waals surface area contributed by atoms with Gasteiger partial charge in [-0.05, 0) is 50.3 Å². The molecule has 0 spiro atoms. The fourth-order valence-electron chi connectivity index (χ4n) is 3.92. The molecule has 2 fully saturated rings. The van der Waals surface area contributed by atoms with Gasteiger partial charge in [0.05, 0.1) is 15.7 Å². The minimum atomic E-state index is -0.211. The number of carbonyl (C=O) groups excluding carboxylic acids is 1. The first-order chi connectivity index (χ1) is 14.6. The molecular formula is C21H25N7OS. The molecule has 1 amide bonds. The van der Waals surface area contributed by atoms with Gasteiger partial charge in [0.25, 0.3) is 0 Å². The molecule has 156 valence electrons. The van der Waals surface area contributed by atoms with Crippen molar-refractivity contribution in [3.63, 3.8) is 0 Å². The SMILES string of the molecule is NC(=O)C1CCN(c2nc(Nc3ccc4ncsc4c3)cc(NC3CCC3)n2)CC1. The summed E-state index contributed by atoms with van der Waals surface area (Å²) in [5.74, 6) is 2.01. The second-order valence-electron chi connectivity index (χ2n) is 8.03. The number of benzene rings is 1. The summed E-state index contributed by atoms with van der Waals surface area (Å²) >= 11 is 1.62. The zero-order valence-corrected chi connectivity index (χ0v) is 17.5. The molecule has 2 aliphatic rings. The predicted octanol–water partition coefficient (Wildman–Crippen LogP) is 3.50. The van der Waals surface area contributed by atoms with Crippen LogP contribution in [0.1, 0.15) is 32.1 Å². The van der Waals surface area contributed by atoms with E-state index in [1.165, 1.54) is 19.3 Å². The Labute approximate surface area is 178 Å². The fourth-order valence-corrected chi connectivity index (χ4v) is 4.64. The number of piperidine rings is 1. The van der Waals surface area contributed by atoms with Crippen LogP contribution in [0, 0.1) is 5.92 Å². The highest BCUT2D eigenvalue weighted by Crippen LogP contribution is 2.29. The molecule has 8 nitrogen and oxygen atoms in total. The molecule has 1 saturated heterocycles. The molecule has 1 saturated carbocycles. The van der Waals surface area contributed by atoms with Crippen LogP contribution in [0.25, 0.3) is 10.2 Å². The number of primary amides is 1. The van der Waals surface area contributed by atoms with E-state index in [0.29, 0.717) is 12.0 Å². The molecule has 4 N–H and O–H groups in total. The van der Waals surface area contributed by atoms with Crippen LogP contribution in [0.3, 0.4) is 0 Å². The Hall–Kier alpha value is -2.94. The number of fused-ring (bicyclic) bond motifs is 1. The summed E-state index contributed by atoms with van der Waals surface area (Å²) in [5, 5.41) is 6.97. The van der Waals surface area contributed by atoms with Crippen molar-refractivity contribution in [3.8, 4) is 0 Å². The number of amides is 1. The van der Waals surface area contributed by atoms with Gasteiger partial charge in [-0.15, -0.1) is 11.3 Å². The van der Waals surface area contributed by atoms with E-state index in [9.17, 15) is 4.79 Å². The number of hydrogen-bond acceptors (Lipinski definition) is 8. The van der Waals surface area contributed by atoms with Crippen molar-refractivity contribution in [2.24, 2.45) is 11.7 Å². The minimum absolute atomic E-state index is 0.0544. The highest BCUT2D eigenvalue weighted by molar-refractivity contribution is 7.16. The van der Waals surface area contributed by atoms with Crippen LogP contribution in [0.4, 0.5) is 23.3 Å². The van der Waals surface area contributed by atoms with Crippen molar-refractivity contribution >= 4 is 50.7 Å². The second-order valence-corrected chi connectivity index (χ2v) is 8.92. The normalized spacial score (nSPS) is 17.7. The van der Waals surface area contributed by atoms with E-state index in [-0.39, 0.29) is 11.8 Å². The third-order valence-electron chi connectivity index (χ3n) is 5.96. The summed E-state index contributed by atoms with van der Waals surface area (Å²) in [4.78, 5) is 27.5. The average molecular weight is 424 g/mol. The lowest BCUT2D eigenvalue weighted by Gasteiger charge is -2.32. The van der Waals surface area contributed by atoms with Crippen LogP contribution >= 0.6 is 11.3 Å². The van der Waals surface area contributed by atoms with Gasteiger partial charge in [-0.25, -0.2) is 4.98 Å². The van der Waals surface area contributed by atoms with Gasteiger partial charge >= 0.3 is 0 Å². The van der Waals surface area contributed by atoms with Crippen LogP contribution < -0.4 is 21.3 Å². The van der Waals surface area contributed by atoms with Crippen molar-refractivity contribution in [2.75, 3.05) is 28.6 Å². The molecule has 1 aromatic carbocycles. The molecule has 0 atom stereocenters. The van der Waals surface area contributed by atoms with E-state index in [0.717, 1.165) is 53.5 Å². The number of nitrogens with zero attached hydrogens (tertiary/aromatic N) is 4. The second kappa shape index (κ2) is 8.06. The molecule has 1 aliphatic carbocycles. The summed E-state index contributed by atoms with van der Waals surface area (Å²) in [6, 6.07) is 8.57. The molecule has 0 bridgehead atoms. The maximum atomic E-state index is 11.5. The van der Waals surface area contributed by atoms with Gasteiger partial charge in [0.2, 0.25) is 11.9 Å². The maximum absolute atomic E-state index is 11.5. The molecule has 0 unspecified atom stereocenters. The van der Waals surface area contributed by atoms with Gasteiger partial charge < -0.3 is 21.3 Å². The van der Waals surface area contributed by atoms with Gasteiger partial charge in [0.1, 0.15) is 11.6 Å². The monoisotopic (exact) mass is 423 g/mol. The van der Waals surface area contributed by atoms with Gasteiger partial charge in [0.15, 0.2) is 0 Å². The Bertz CT molecular complexity index is 1060. The zero-order chi connectivity index (χ0) is 20.5. The standard InChI is InChI=1S/C21H25N7OS/c22-20(29)13-6-8-28(9-7-13)21-26-18(24-14-2-1-3-14)11-19(27-21)25-15-4-5-16-17(10-15)30-12-23-16/h4-5,10-14H,1-3,6-9H2,(H2,22,29)(H2,24,25,26,27). The molecular weight excluding hydrogens is 398 g/mol. The number of nitrogens with one attached hydrogen (secondary N) is 2. The average Bonchev–Trinajstić information content (AvgIpc) is 3.18. The summed E-state index contributed by atoms with van der Waals surface area (Å²) < 4.78 is 1.13. The first-order valence-corrected chi connectivity index (χ1v) is 11.3. The Kier molecular flexibility index (Phi) is 5.12. The van der Waals surface area contributed by atoms with Crippen LogP contribution in [-0.4, -0.2) is 40.0 Å². The fraction of sp³-hybridized carbons (Fsp3) is 0.429. The number of rotatable bonds is 6. The third kappa shape index (κ3) is 4.02. The number of carbonyl (C=O) groups is 1. The quantitative estimate of drug-likeness (QED) is 0.557. The van der Waals surface area contributed by atoms with Gasteiger partial charge in [-0.2, -0.15) is 9.97 Å². The third-order valence-corrected chi connectivity index (χ3v) is 6.75. The van der Waals surface area contributed by atoms with Crippen molar-refractivity contribution < 1.29 is 4.79 Å². The Morgan fingerprint density at radius 1 is 1.10 bits per heavy atom. The van der Waals surface area contributed by atoms with Crippen LogP contribution in [0.15, 0.2) is 29.8 Å². The number of aromatic nitrogens is 3. The first-order valence-electron chi connectivity index (χ1n) is 10.4. The molecule has 30 heavy (non-hydrogen) atoms. The molecule has 3 aromatic rings. The number of thiazole rings is 1. The number of nitrogens with two attached hydrogens (primary N) is 1. The molecule has 5 rings (SSSR count). The van der Waals surface area contributed by atoms with Gasteiger partial charge in [0, 0.05) is 36.8 Å². The van der Waals surface area contributed by atoms with Crippen molar-refractivity contribution in [2.45, 2.75) is 38.1 Å². The Balaban J connectivity index is 1.40. The Morgan fingerprint density at radius 2 is 1.90 bits per heavy atom. The van der Waals surface area contributed by atoms with Crippen LogP contribution in [-0.2, 0) is 4.79 Å². The lowest BCUT2D eigenvalue weighted by Crippen LogP contribution is -2.39. The topological polar surface area (TPSA) is 109 Å². The summed E-state index contributed by atoms with van der Waals surface area (Å²) in [5.41, 5.74) is 9.31. The molecule has 9 heteroatoms. The van der Waals surface area contributed by atoms with Gasteiger partial charge in [-0.3, -0.25) is 4.79 Å². The van der Waals surface area contributed by atoms with Crippen LogP contribution in [0.5, 0.6) is 0 Å². The van der Waals surface area contributed by atoms with E-state index in [1.807, 2.05) is 23.7 Å².